The molecule has 0 spiro atoms. The summed E-state index contributed by atoms with van der Waals surface area (Å²) in [6, 6.07) is 15.3. The van der Waals surface area contributed by atoms with Crippen LogP contribution in [0, 0.1) is 6.92 Å². The number of nitrogens with one attached hydrogen (secondary N) is 2. The highest BCUT2D eigenvalue weighted by molar-refractivity contribution is 8.00. The number of nitrogens with zero attached hydrogens (tertiary/aromatic N) is 3. The average molecular weight is 428 g/mol. The smallest absolute Gasteiger partial charge is 0.240 e. The molecule has 1 aliphatic rings. The highest BCUT2D eigenvalue weighted by Gasteiger charge is 2.37. The molecular formula is C21H22ClN5OS. The van der Waals surface area contributed by atoms with Crippen molar-refractivity contribution >= 4 is 35.0 Å². The van der Waals surface area contributed by atoms with Crippen molar-refractivity contribution in [2.45, 2.75) is 43.1 Å². The Morgan fingerprint density at radius 3 is 2.76 bits per heavy atom. The molecular weight excluding hydrogens is 406 g/mol. The Morgan fingerprint density at radius 2 is 2.00 bits per heavy atom. The standard InChI is InChI=1S/C21H22ClN5OS/c1-3-8-17-24-25-21-27(17)26-18(14-9-5-4-6-10-14)19(29-21)20(28)23-16-12-7-11-15(22)13(16)2/h4-7,9-12,18-19,26H,3,8H2,1-2H3,(H,23,28). The summed E-state index contributed by atoms with van der Waals surface area (Å²) in [5.74, 6) is 0.772. The number of amides is 1. The number of rotatable bonds is 5. The van der Waals surface area contributed by atoms with Crippen molar-refractivity contribution in [3.63, 3.8) is 0 Å². The fourth-order valence-corrected chi connectivity index (χ4v) is 4.61. The van der Waals surface area contributed by atoms with Gasteiger partial charge in [-0.05, 0) is 36.6 Å². The number of hydrogen-bond donors (Lipinski definition) is 2. The number of benzene rings is 2. The van der Waals surface area contributed by atoms with Gasteiger partial charge in [0, 0.05) is 17.1 Å². The number of carbonyl (C=O) groups is 1. The van der Waals surface area contributed by atoms with Crippen LogP contribution in [0.5, 0.6) is 0 Å². The van der Waals surface area contributed by atoms with E-state index in [-0.39, 0.29) is 11.9 Å². The first-order chi connectivity index (χ1) is 14.1. The zero-order valence-corrected chi connectivity index (χ0v) is 17.8. The Balaban J connectivity index is 1.67. The predicted octanol–water partition coefficient (Wildman–Crippen LogP) is 4.59. The van der Waals surface area contributed by atoms with E-state index >= 15 is 0 Å². The Morgan fingerprint density at radius 1 is 1.21 bits per heavy atom. The maximum absolute atomic E-state index is 13.3. The molecule has 2 aromatic carbocycles. The van der Waals surface area contributed by atoms with Gasteiger partial charge in [-0.1, -0.05) is 66.7 Å². The Labute approximate surface area is 179 Å². The third-order valence-corrected chi connectivity index (χ3v) is 6.54. The minimum Gasteiger partial charge on any atom is -0.325 e. The lowest BCUT2D eigenvalue weighted by Crippen LogP contribution is -2.41. The third kappa shape index (κ3) is 3.97. The van der Waals surface area contributed by atoms with Crippen LogP contribution in [0.4, 0.5) is 5.69 Å². The summed E-state index contributed by atoms with van der Waals surface area (Å²) in [5.41, 5.74) is 6.07. The van der Waals surface area contributed by atoms with Gasteiger partial charge in [-0.15, -0.1) is 10.2 Å². The quantitative estimate of drug-likeness (QED) is 0.623. The molecule has 0 saturated carbocycles. The highest BCUT2D eigenvalue weighted by atomic mass is 35.5. The van der Waals surface area contributed by atoms with E-state index in [1.807, 2.05) is 60.1 Å². The van der Waals surface area contributed by atoms with E-state index in [0.717, 1.165) is 29.8 Å². The van der Waals surface area contributed by atoms with Gasteiger partial charge < -0.3 is 10.7 Å². The monoisotopic (exact) mass is 427 g/mol. The number of thioether (sulfide) groups is 1. The molecule has 2 atom stereocenters. The fourth-order valence-electron chi connectivity index (χ4n) is 3.34. The first kappa shape index (κ1) is 19.8. The van der Waals surface area contributed by atoms with E-state index in [9.17, 15) is 4.79 Å². The topological polar surface area (TPSA) is 71.8 Å². The second kappa shape index (κ2) is 8.47. The molecule has 8 heteroatoms. The molecule has 1 amide bonds. The summed E-state index contributed by atoms with van der Waals surface area (Å²) in [7, 11) is 0. The Kier molecular flexibility index (Phi) is 5.78. The van der Waals surface area contributed by atoms with Crippen molar-refractivity contribution in [2.24, 2.45) is 0 Å². The van der Waals surface area contributed by atoms with Gasteiger partial charge in [-0.3, -0.25) is 4.79 Å². The summed E-state index contributed by atoms with van der Waals surface area (Å²) >= 11 is 7.64. The van der Waals surface area contributed by atoms with E-state index in [1.54, 1.807) is 0 Å². The SMILES string of the molecule is CCCc1nnc2n1NC(c1ccccc1)C(C(=O)Nc1cccc(Cl)c1C)S2. The van der Waals surface area contributed by atoms with E-state index in [1.165, 1.54) is 11.8 Å². The number of fused-ring (bicyclic) bond motifs is 1. The minimum atomic E-state index is -0.415. The summed E-state index contributed by atoms with van der Waals surface area (Å²) in [5, 5.41) is 12.5. The number of hydrogen-bond acceptors (Lipinski definition) is 5. The lowest BCUT2D eigenvalue weighted by molar-refractivity contribution is -0.116. The molecule has 2 N–H and O–H groups in total. The van der Waals surface area contributed by atoms with Gasteiger partial charge in [0.15, 0.2) is 5.82 Å². The molecule has 0 radical (unpaired) electrons. The van der Waals surface area contributed by atoms with Gasteiger partial charge in [0.05, 0.1) is 6.04 Å². The lowest BCUT2D eigenvalue weighted by Gasteiger charge is -2.33. The normalized spacial score (nSPS) is 18.0. The minimum absolute atomic E-state index is 0.104. The average Bonchev–Trinajstić information content (AvgIpc) is 3.13. The summed E-state index contributed by atoms with van der Waals surface area (Å²) in [4.78, 5) is 13.3. The molecule has 0 saturated heterocycles. The molecule has 150 valence electrons. The maximum atomic E-state index is 13.3. The van der Waals surface area contributed by atoms with Crippen molar-refractivity contribution in [1.29, 1.82) is 0 Å². The van der Waals surface area contributed by atoms with Crippen LogP contribution in [-0.4, -0.2) is 26.0 Å². The van der Waals surface area contributed by atoms with Crippen molar-refractivity contribution < 1.29 is 4.79 Å². The molecule has 1 aromatic heterocycles. The van der Waals surface area contributed by atoms with E-state index < -0.39 is 5.25 Å². The molecule has 3 aromatic rings. The van der Waals surface area contributed by atoms with Crippen molar-refractivity contribution in [1.82, 2.24) is 14.9 Å². The number of aromatic nitrogens is 3. The largest absolute Gasteiger partial charge is 0.325 e. The van der Waals surface area contributed by atoms with Crippen molar-refractivity contribution in [2.75, 3.05) is 10.7 Å². The van der Waals surface area contributed by atoms with Crippen molar-refractivity contribution in [3.05, 3.63) is 70.5 Å². The van der Waals surface area contributed by atoms with Crippen LogP contribution < -0.4 is 10.7 Å². The summed E-state index contributed by atoms with van der Waals surface area (Å²) in [6.45, 7) is 4.00. The third-order valence-electron chi connectivity index (χ3n) is 4.92. The summed E-state index contributed by atoms with van der Waals surface area (Å²) in [6.07, 6.45) is 1.79. The molecule has 6 nitrogen and oxygen atoms in total. The van der Waals surface area contributed by atoms with Crippen LogP contribution in [0.15, 0.2) is 53.7 Å². The molecule has 2 heterocycles. The molecule has 0 bridgehead atoms. The van der Waals surface area contributed by atoms with Gasteiger partial charge in [0.2, 0.25) is 11.1 Å². The molecule has 2 unspecified atom stereocenters. The molecule has 4 rings (SSSR count). The fraction of sp³-hybridized carbons (Fsp3) is 0.286. The van der Waals surface area contributed by atoms with Gasteiger partial charge in [0.1, 0.15) is 5.25 Å². The van der Waals surface area contributed by atoms with Crippen molar-refractivity contribution in [3.8, 4) is 0 Å². The maximum Gasteiger partial charge on any atom is 0.240 e. The van der Waals surface area contributed by atoms with Crippen LogP contribution in [0.25, 0.3) is 0 Å². The van der Waals surface area contributed by atoms with Gasteiger partial charge in [-0.25, -0.2) is 4.68 Å². The number of halogens is 1. The second-order valence-corrected chi connectivity index (χ2v) is 8.46. The van der Waals surface area contributed by atoms with Crippen LogP contribution in [0.3, 0.4) is 0 Å². The lowest BCUT2D eigenvalue weighted by atomic mass is 10.0. The van der Waals surface area contributed by atoms with E-state index in [2.05, 4.69) is 27.9 Å². The van der Waals surface area contributed by atoms with Gasteiger partial charge in [-0.2, -0.15) is 0 Å². The van der Waals surface area contributed by atoms with E-state index in [4.69, 9.17) is 11.6 Å². The molecule has 29 heavy (non-hydrogen) atoms. The van der Waals surface area contributed by atoms with Crippen LogP contribution >= 0.6 is 23.4 Å². The van der Waals surface area contributed by atoms with E-state index in [0.29, 0.717) is 15.9 Å². The number of aryl methyl sites for hydroxylation is 1. The summed E-state index contributed by atoms with van der Waals surface area (Å²) < 4.78 is 1.92. The molecule has 1 aliphatic heterocycles. The number of anilines is 1. The second-order valence-electron chi connectivity index (χ2n) is 6.94. The van der Waals surface area contributed by atoms with Gasteiger partial charge >= 0.3 is 0 Å². The predicted molar refractivity (Wildman–Crippen MR) is 117 cm³/mol. The highest BCUT2D eigenvalue weighted by Crippen LogP contribution is 2.38. The molecule has 0 fully saturated rings. The Hall–Kier alpha value is -2.51. The number of carbonyl (C=O) groups excluding carboxylic acids is 1. The molecule has 0 aliphatic carbocycles. The zero-order valence-electron chi connectivity index (χ0n) is 16.2. The van der Waals surface area contributed by atoms with Crippen LogP contribution in [0.1, 0.15) is 36.3 Å². The Bertz CT molecular complexity index is 1020. The van der Waals surface area contributed by atoms with Crippen LogP contribution in [0.2, 0.25) is 5.02 Å². The first-order valence-corrected chi connectivity index (χ1v) is 10.8. The first-order valence-electron chi connectivity index (χ1n) is 9.57. The van der Waals surface area contributed by atoms with Crippen LogP contribution in [-0.2, 0) is 11.2 Å². The van der Waals surface area contributed by atoms with Gasteiger partial charge in [0.25, 0.3) is 0 Å². The zero-order chi connectivity index (χ0) is 20.4.